The van der Waals surface area contributed by atoms with Crippen LogP contribution in [0.2, 0.25) is 5.02 Å². The molecule has 0 spiro atoms. The summed E-state index contributed by atoms with van der Waals surface area (Å²) in [7, 11) is 0. The van der Waals surface area contributed by atoms with E-state index in [0.29, 0.717) is 29.6 Å². The number of anilines is 2. The van der Waals surface area contributed by atoms with E-state index in [0.717, 1.165) is 5.82 Å². The number of rotatable bonds is 6. The molecule has 7 nitrogen and oxygen atoms in total. The summed E-state index contributed by atoms with van der Waals surface area (Å²) in [5, 5.41) is 9.27. The van der Waals surface area contributed by atoms with Gasteiger partial charge < -0.3 is 20.5 Å². The van der Waals surface area contributed by atoms with Crippen LogP contribution in [0.15, 0.2) is 61.2 Å². The number of nitrogens with one attached hydrogen (secondary N) is 3. The Balaban J connectivity index is 1.43. The molecule has 3 aromatic rings. The number of benzene rings is 1. The number of carbonyl (C=O) groups is 1. The van der Waals surface area contributed by atoms with Crippen molar-refractivity contribution in [2.24, 2.45) is 0 Å². The Kier molecular flexibility index (Phi) is 5.48. The highest BCUT2D eigenvalue weighted by molar-refractivity contribution is 6.30. The summed E-state index contributed by atoms with van der Waals surface area (Å²) >= 11 is 5.80. The van der Waals surface area contributed by atoms with E-state index in [1.165, 1.54) is 6.33 Å². The molecule has 0 saturated carbocycles. The van der Waals surface area contributed by atoms with Gasteiger partial charge in [0.1, 0.15) is 18.0 Å². The summed E-state index contributed by atoms with van der Waals surface area (Å²) in [4.78, 5) is 20.2. The smallest absolute Gasteiger partial charge is 0.319 e. The molecule has 0 fully saturated rings. The van der Waals surface area contributed by atoms with E-state index in [2.05, 4.69) is 25.9 Å². The topological polar surface area (TPSA) is 83.9 Å². The number of carbonyl (C=O) groups excluding carboxylic acids is 1. The summed E-state index contributed by atoms with van der Waals surface area (Å²) in [5.41, 5.74) is 0.682. The number of halogens is 1. The van der Waals surface area contributed by atoms with Crippen molar-refractivity contribution in [2.45, 2.75) is 0 Å². The van der Waals surface area contributed by atoms with Gasteiger partial charge in [0.15, 0.2) is 0 Å². The lowest BCUT2D eigenvalue weighted by Crippen LogP contribution is -2.32. The molecule has 2 aromatic heterocycles. The fourth-order valence-corrected chi connectivity index (χ4v) is 2.27. The highest BCUT2D eigenvalue weighted by atomic mass is 35.5. The molecular formula is C17H17ClN6O. The summed E-state index contributed by atoms with van der Waals surface area (Å²) in [6.45, 7) is 0.985. The van der Waals surface area contributed by atoms with Crippen LogP contribution in [-0.4, -0.2) is 33.7 Å². The Morgan fingerprint density at radius 1 is 1.08 bits per heavy atom. The maximum absolute atomic E-state index is 11.8. The maximum atomic E-state index is 11.8. The molecule has 1 aromatic carbocycles. The van der Waals surface area contributed by atoms with Gasteiger partial charge in [0.25, 0.3) is 0 Å². The number of aromatic nitrogens is 3. The zero-order valence-corrected chi connectivity index (χ0v) is 14.1. The molecular weight excluding hydrogens is 340 g/mol. The third kappa shape index (κ3) is 4.95. The third-order valence-electron chi connectivity index (χ3n) is 3.34. The largest absolute Gasteiger partial charge is 0.368 e. The van der Waals surface area contributed by atoms with Crippen LogP contribution in [0.5, 0.6) is 0 Å². The minimum absolute atomic E-state index is 0.278. The monoisotopic (exact) mass is 356 g/mol. The minimum atomic E-state index is -0.278. The second-order valence-electron chi connectivity index (χ2n) is 5.17. The van der Waals surface area contributed by atoms with Crippen LogP contribution in [0.1, 0.15) is 0 Å². The van der Waals surface area contributed by atoms with Crippen molar-refractivity contribution >= 4 is 29.1 Å². The fourth-order valence-electron chi connectivity index (χ4n) is 2.15. The van der Waals surface area contributed by atoms with Gasteiger partial charge >= 0.3 is 6.03 Å². The van der Waals surface area contributed by atoms with Crippen molar-refractivity contribution < 1.29 is 4.79 Å². The number of hydrogen-bond acceptors (Lipinski definition) is 4. The van der Waals surface area contributed by atoms with Crippen LogP contribution < -0.4 is 16.0 Å². The molecule has 0 saturated heterocycles. The molecule has 128 valence electrons. The van der Waals surface area contributed by atoms with Gasteiger partial charge in [0.2, 0.25) is 0 Å². The Morgan fingerprint density at radius 2 is 1.84 bits per heavy atom. The molecule has 0 aliphatic heterocycles. The molecule has 0 aliphatic carbocycles. The molecule has 3 rings (SSSR count). The van der Waals surface area contributed by atoms with Crippen molar-refractivity contribution in [2.75, 3.05) is 23.7 Å². The number of urea groups is 1. The van der Waals surface area contributed by atoms with E-state index in [-0.39, 0.29) is 6.03 Å². The number of amides is 2. The zero-order valence-electron chi connectivity index (χ0n) is 13.3. The average Bonchev–Trinajstić information content (AvgIpc) is 3.16. The lowest BCUT2D eigenvalue weighted by atomic mass is 10.3. The van der Waals surface area contributed by atoms with E-state index in [9.17, 15) is 4.79 Å². The Hall–Kier alpha value is -3.06. The lowest BCUT2D eigenvalue weighted by molar-refractivity contribution is 0.252. The van der Waals surface area contributed by atoms with Crippen LogP contribution >= 0.6 is 11.6 Å². The zero-order chi connectivity index (χ0) is 17.5. The van der Waals surface area contributed by atoms with Gasteiger partial charge in [-0.25, -0.2) is 14.8 Å². The van der Waals surface area contributed by atoms with E-state index < -0.39 is 0 Å². The molecule has 25 heavy (non-hydrogen) atoms. The summed E-state index contributed by atoms with van der Waals surface area (Å²) in [5.74, 6) is 1.47. The van der Waals surface area contributed by atoms with Gasteiger partial charge in [-0.3, -0.25) is 0 Å². The summed E-state index contributed by atoms with van der Waals surface area (Å²) in [6, 6.07) is 12.3. The predicted molar refractivity (Wildman–Crippen MR) is 98.3 cm³/mol. The first-order valence-corrected chi connectivity index (χ1v) is 8.08. The fraction of sp³-hybridized carbons (Fsp3) is 0.118. The van der Waals surface area contributed by atoms with Gasteiger partial charge in [-0.2, -0.15) is 0 Å². The van der Waals surface area contributed by atoms with E-state index in [1.54, 1.807) is 24.3 Å². The first-order valence-electron chi connectivity index (χ1n) is 7.70. The van der Waals surface area contributed by atoms with Gasteiger partial charge in [0.05, 0.1) is 0 Å². The van der Waals surface area contributed by atoms with Gasteiger partial charge in [-0.05, 0) is 36.4 Å². The molecule has 0 unspecified atom stereocenters. The van der Waals surface area contributed by atoms with E-state index in [4.69, 9.17) is 11.6 Å². The minimum Gasteiger partial charge on any atom is -0.368 e. The third-order valence-corrected chi connectivity index (χ3v) is 3.59. The van der Waals surface area contributed by atoms with Crippen LogP contribution in [-0.2, 0) is 0 Å². The summed E-state index contributed by atoms with van der Waals surface area (Å²) < 4.78 is 1.89. The molecule has 2 amide bonds. The van der Waals surface area contributed by atoms with E-state index in [1.807, 2.05) is 35.2 Å². The normalized spacial score (nSPS) is 10.3. The molecule has 8 heteroatoms. The van der Waals surface area contributed by atoms with Crippen LogP contribution in [0.3, 0.4) is 0 Å². The lowest BCUT2D eigenvalue weighted by Gasteiger charge is -2.09. The van der Waals surface area contributed by atoms with Gasteiger partial charge in [0, 0.05) is 42.3 Å². The number of hydrogen-bond donors (Lipinski definition) is 3. The quantitative estimate of drug-likeness (QED) is 0.592. The van der Waals surface area contributed by atoms with Crippen molar-refractivity contribution in [1.29, 1.82) is 0 Å². The SMILES string of the molecule is O=C(NCCNc1cc(-n2cccc2)ncn1)Nc1ccc(Cl)cc1. The molecule has 0 bridgehead atoms. The Labute approximate surface area is 150 Å². The molecule has 2 heterocycles. The Bertz CT molecular complexity index is 819. The molecule has 0 radical (unpaired) electrons. The average molecular weight is 357 g/mol. The highest BCUT2D eigenvalue weighted by Crippen LogP contribution is 2.13. The molecule has 0 atom stereocenters. The van der Waals surface area contributed by atoms with Crippen molar-refractivity contribution in [3.63, 3.8) is 0 Å². The van der Waals surface area contributed by atoms with Crippen molar-refractivity contribution in [3.8, 4) is 5.82 Å². The second-order valence-corrected chi connectivity index (χ2v) is 5.60. The first-order chi connectivity index (χ1) is 12.2. The molecule has 0 aliphatic rings. The standard InChI is InChI=1S/C17H17ClN6O/c18-13-3-5-14(6-4-13)23-17(25)20-8-7-19-15-11-16(22-12-21-15)24-9-1-2-10-24/h1-6,9-12H,7-8H2,(H,19,21,22)(H2,20,23,25). The Morgan fingerprint density at radius 3 is 2.60 bits per heavy atom. The van der Waals surface area contributed by atoms with Crippen molar-refractivity contribution in [3.05, 3.63) is 66.2 Å². The maximum Gasteiger partial charge on any atom is 0.319 e. The first kappa shape index (κ1) is 16.8. The van der Waals surface area contributed by atoms with E-state index >= 15 is 0 Å². The highest BCUT2D eigenvalue weighted by Gasteiger charge is 2.02. The van der Waals surface area contributed by atoms with Crippen molar-refractivity contribution in [1.82, 2.24) is 19.9 Å². The van der Waals surface area contributed by atoms with Crippen LogP contribution in [0.4, 0.5) is 16.3 Å². The predicted octanol–water partition coefficient (Wildman–Crippen LogP) is 3.15. The van der Waals surface area contributed by atoms with Crippen LogP contribution in [0.25, 0.3) is 5.82 Å². The molecule has 3 N–H and O–H groups in total. The van der Waals surface area contributed by atoms with Gasteiger partial charge in [-0.1, -0.05) is 11.6 Å². The van der Waals surface area contributed by atoms with Gasteiger partial charge in [-0.15, -0.1) is 0 Å². The summed E-state index contributed by atoms with van der Waals surface area (Å²) in [6.07, 6.45) is 5.32. The number of nitrogens with zero attached hydrogens (tertiary/aromatic N) is 3. The van der Waals surface area contributed by atoms with Crippen LogP contribution in [0, 0.1) is 0 Å². The second kappa shape index (κ2) is 8.16.